The molecule has 1 unspecified atom stereocenters. The summed E-state index contributed by atoms with van der Waals surface area (Å²) in [4.78, 5) is 5.68. The maximum Gasteiger partial charge on any atom is 0.101 e. The van der Waals surface area contributed by atoms with Crippen molar-refractivity contribution in [3.05, 3.63) is 28.9 Å². The van der Waals surface area contributed by atoms with E-state index < -0.39 is 0 Å². The van der Waals surface area contributed by atoms with Gasteiger partial charge in [0.25, 0.3) is 0 Å². The Morgan fingerprint density at radius 2 is 2.33 bits per heavy atom. The van der Waals surface area contributed by atoms with E-state index in [4.69, 9.17) is 11.5 Å². The minimum absolute atomic E-state index is 0.512. The predicted molar refractivity (Wildman–Crippen MR) is 90.5 cm³/mol. The number of thiophene rings is 1. The third-order valence-electron chi connectivity index (χ3n) is 3.47. The van der Waals surface area contributed by atoms with Crippen LogP contribution in [0.5, 0.6) is 0 Å². The summed E-state index contributed by atoms with van der Waals surface area (Å²) >= 11 is 1.66. The Balaban J connectivity index is 2.12. The van der Waals surface area contributed by atoms with Gasteiger partial charge in [-0.2, -0.15) is 5.10 Å². The first-order valence-electron chi connectivity index (χ1n) is 7.36. The van der Waals surface area contributed by atoms with Gasteiger partial charge in [-0.3, -0.25) is 10.1 Å². The van der Waals surface area contributed by atoms with Gasteiger partial charge < -0.3 is 11.5 Å². The summed E-state index contributed by atoms with van der Waals surface area (Å²) in [6.45, 7) is 2.93. The third kappa shape index (κ3) is 4.41. The molecule has 2 heterocycles. The minimum atomic E-state index is 0.512. The number of nitrogens with one attached hydrogen (secondary N) is 1. The zero-order valence-electron chi connectivity index (χ0n) is 12.4. The summed E-state index contributed by atoms with van der Waals surface area (Å²) in [6, 6.07) is 2.15. The highest BCUT2D eigenvalue weighted by molar-refractivity contribution is 7.16. The number of nitrogens with two attached hydrogens (primary N) is 2. The number of aliphatic imine (C=N–C) groups is 1. The molecule has 5 nitrogen and oxygen atoms in total. The van der Waals surface area contributed by atoms with Gasteiger partial charge in [0.05, 0.1) is 11.2 Å². The summed E-state index contributed by atoms with van der Waals surface area (Å²) < 4.78 is 0. The molecule has 0 aromatic carbocycles. The zero-order valence-corrected chi connectivity index (χ0v) is 13.2. The molecule has 0 spiro atoms. The maximum absolute atomic E-state index is 6.12. The highest BCUT2D eigenvalue weighted by atomic mass is 32.1. The first kappa shape index (κ1) is 15.7. The molecule has 0 aliphatic heterocycles. The molecule has 0 saturated carbocycles. The minimum Gasteiger partial charge on any atom is -0.390 e. The first-order valence-corrected chi connectivity index (χ1v) is 8.18. The van der Waals surface area contributed by atoms with Crippen LogP contribution in [0.15, 0.2) is 23.5 Å². The molecular weight excluding hydrogens is 282 g/mol. The van der Waals surface area contributed by atoms with Gasteiger partial charge in [0.1, 0.15) is 5.69 Å². The van der Waals surface area contributed by atoms with Crippen molar-refractivity contribution in [3.63, 3.8) is 0 Å². The molecule has 0 radical (unpaired) electrons. The largest absolute Gasteiger partial charge is 0.390 e. The number of nitrogens with zero attached hydrogens (tertiary/aromatic N) is 2. The van der Waals surface area contributed by atoms with Crippen LogP contribution in [0.3, 0.4) is 0 Å². The normalized spacial score (nSPS) is 13.0. The van der Waals surface area contributed by atoms with Crippen LogP contribution in [0, 0.1) is 0 Å². The number of anilines is 1. The van der Waals surface area contributed by atoms with Gasteiger partial charge in [-0.15, -0.1) is 11.3 Å². The van der Waals surface area contributed by atoms with Crippen molar-refractivity contribution < 1.29 is 0 Å². The van der Waals surface area contributed by atoms with Crippen molar-refractivity contribution in [2.75, 3.05) is 12.3 Å². The van der Waals surface area contributed by atoms with E-state index in [1.54, 1.807) is 29.9 Å². The predicted octanol–water partition coefficient (Wildman–Crippen LogP) is 3.43. The molecule has 2 aromatic rings. The van der Waals surface area contributed by atoms with Crippen molar-refractivity contribution in [1.82, 2.24) is 10.2 Å². The van der Waals surface area contributed by atoms with Crippen molar-refractivity contribution in [3.8, 4) is 0 Å². The van der Waals surface area contributed by atoms with Crippen LogP contribution in [0.25, 0.3) is 0 Å². The molecule has 5 N–H and O–H groups in total. The van der Waals surface area contributed by atoms with Crippen LogP contribution in [0.4, 0.5) is 10.7 Å². The number of rotatable bonds is 8. The van der Waals surface area contributed by atoms with Crippen molar-refractivity contribution in [2.45, 2.75) is 38.5 Å². The molecule has 0 saturated heterocycles. The van der Waals surface area contributed by atoms with Crippen molar-refractivity contribution in [1.29, 1.82) is 0 Å². The molecule has 0 fully saturated rings. The second-order valence-electron chi connectivity index (χ2n) is 5.10. The molecule has 0 amide bonds. The van der Waals surface area contributed by atoms with Gasteiger partial charge in [0, 0.05) is 22.9 Å². The van der Waals surface area contributed by atoms with E-state index in [-0.39, 0.29) is 0 Å². The monoisotopic (exact) mass is 305 g/mol. The number of hydrogen-bond donors (Lipinski definition) is 3. The van der Waals surface area contributed by atoms with E-state index in [0.29, 0.717) is 12.5 Å². The average molecular weight is 305 g/mol. The van der Waals surface area contributed by atoms with Crippen LogP contribution in [-0.2, 0) is 0 Å². The van der Waals surface area contributed by atoms with Gasteiger partial charge >= 0.3 is 0 Å². The van der Waals surface area contributed by atoms with Crippen molar-refractivity contribution in [2.24, 2.45) is 10.7 Å². The number of hydrogen-bond acceptors (Lipinski definition) is 5. The Kier molecular flexibility index (Phi) is 5.95. The van der Waals surface area contributed by atoms with E-state index >= 15 is 0 Å². The Labute approximate surface area is 129 Å². The summed E-state index contributed by atoms with van der Waals surface area (Å²) in [6.07, 6.45) is 9.85. The molecule has 0 aliphatic carbocycles. The van der Waals surface area contributed by atoms with E-state index in [9.17, 15) is 0 Å². The Morgan fingerprint density at radius 3 is 3.00 bits per heavy atom. The third-order valence-corrected chi connectivity index (χ3v) is 4.61. The first-order chi connectivity index (χ1) is 10.2. The zero-order chi connectivity index (χ0) is 15.1. The molecule has 114 valence electrons. The Morgan fingerprint density at radius 1 is 1.48 bits per heavy atom. The molecule has 0 bridgehead atoms. The van der Waals surface area contributed by atoms with Crippen LogP contribution >= 0.6 is 11.3 Å². The molecule has 0 aliphatic rings. The number of aromatic amines is 1. The molecule has 6 heteroatoms. The van der Waals surface area contributed by atoms with Gasteiger partial charge in [-0.1, -0.05) is 19.8 Å². The van der Waals surface area contributed by atoms with Crippen LogP contribution < -0.4 is 11.5 Å². The average Bonchev–Trinajstić information content (AvgIpc) is 3.11. The fourth-order valence-corrected chi connectivity index (χ4v) is 3.35. The quantitative estimate of drug-likeness (QED) is 0.652. The molecule has 1 atom stereocenters. The number of nitrogen functional groups attached to an aromatic ring is 1. The van der Waals surface area contributed by atoms with E-state index in [1.807, 2.05) is 0 Å². The van der Waals surface area contributed by atoms with E-state index in [1.165, 1.54) is 24.1 Å². The van der Waals surface area contributed by atoms with Gasteiger partial charge in [-0.25, -0.2) is 0 Å². The fourth-order valence-electron chi connectivity index (χ4n) is 2.28. The van der Waals surface area contributed by atoms with Gasteiger partial charge in [0.2, 0.25) is 0 Å². The second-order valence-corrected chi connectivity index (χ2v) is 6.21. The van der Waals surface area contributed by atoms with Crippen LogP contribution in [0.1, 0.15) is 49.0 Å². The topological polar surface area (TPSA) is 93.1 Å². The van der Waals surface area contributed by atoms with Crippen LogP contribution in [-0.4, -0.2) is 23.0 Å². The molecule has 2 rings (SSSR count). The standard InChI is InChI=1S/C15H23N5S/c1-2-3-4-11(5-6-16)14-7-12(15(17)21-14)8-18-13-9-19-20-10-13/h7-11H,2-6,16-17H2,1H3,(H,19,20). The number of unbranched alkanes of at least 4 members (excludes halogenated alkanes) is 1. The van der Waals surface area contributed by atoms with E-state index in [0.717, 1.165) is 22.7 Å². The van der Waals surface area contributed by atoms with Crippen LogP contribution in [0.2, 0.25) is 0 Å². The fraction of sp³-hybridized carbons (Fsp3) is 0.467. The Hall–Kier alpha value is -1.66. The lowest BCUT2D eigenvalue weighted by atomic mass is 9.96. The number of aromatic nitrogens is 2. The Bertz CT molecular complexity index is 559. The second kappa shape index (κ2) is 7.95. The SMILES string of the molecule is CCCCC(CCN)c1cc(C=Nc2cn[nH]c2)c(N)s1. The lowest BCUT2D eigenvalue weighted by molar-refractivity contribution is 0.561. The smallest absolute Gasteiger partial charge is 0.101 e. The van der Waals surface area contributed by atoms with Gasteiger partial charge in [-0.05, 0) is 31.4 Å². The summed E-state index contributed by atoms with van der Waals surface area (Å²) in [5, 5.41) is 7.42. The number of H-pyrrole nitrogens is 1. The van der Waals surface area contributed by atoms with Crippen molar-refractivity contribution >= 4 is 28.2 Å². The molecule has 2 aromatic heterocycles. The molecular formula is C15H23N5S. The maximum atomic E-state index is 6.12. The summed E-state index contributed by atoms with van der Waals surface area (Å²) in [5.74, 6) is 0.512. The lowest BCUT2D eigenvalue weighted by Crippen LogP contribution is -2.06. The van der Waals surface area contributed by atoms with Gasteiger partial charge in [0.15, 0.2) is 0 Å². The molecule has 21 heavy (non-hydrogen) atoms. The van der Waals surface area contributed by atoms with E-state index in [2.05, 4.69) is 28.2 Å². The highest BCUT2D eigenvalue weighted by Gasteiger charge is 2.15. The summed E-state index contributed by atoms with van der Waals surface area (Å²) in [7, 11) is 0. The highest BCUT2D eigenvalue weighted by Crippen LogP contribution is 2.34. The summed E-state index contributed by atoms with van der Waals surface area (Å²) in [5.41, 5.74) is 13.6. The lowest BCUT2D eigenvalue weighted by Gasteiger charge is -2.13.